The van der Waals surface area contributed by atoms with E-state index < -0.39 is 0 Å². The zero-order valence-electron chi connectivity index (χ0n) is 13.5. The molecule has 3 rings (SSSR count). The molecule has 0 heterocycles. The van der Waals surface area contributed by atoms with Gasteiger partial charge in [0.1, 0.15) is 15.7 Å². The SMILES string of the molecule is [B]c1ccc(C(=C)c2ccc(C(=C)c3ccc([B])cc3)cc2)cc1. The summed E-state index contributed by atoms with van der Waals surface area (Å²) in [6.07, 6.45) is 0. The predicted octanol–water partition coefficient (Wildman–Crippen LogP) is 3.40. The molecule has 0 fully saturated rings. The van der Waals surface area contributed by atoms with Crippen LogP contribution in [0, 0.1) is 0 Å². The van der Waals surface area contributed by atoms with Crippen LogP contribution in [-0.4, -0.2) is 15.7 Å². The molecule has 2 heteroatoms. The topological polar surface area (TPSA) is 0 Å². The van der Waals surface area contributed by atoms with Gasteiger partial charge in [0.25, 0.3) is 0 Å². The van der Waals surface area contributed by atoms with E-state index in [4.69, 9.17) is 15.7 Å². The lowest BCUT2D eigenvalue weighted by atomic mass is 9.90. The van der Waals surface area contributed by atoms with Crippen molar-refractivity contribution < 1.29 is 0 Å². The molecule has 0 atom stereocenters. The van der Waals surface area contributed by atoms with Crippen molar-refractivity contribution in [3.63, 3.8) is 0 Å². The van der Waals surface area contributed by atoms with Crippen LogP contribution in [0.15, 0.2) is 86.0 Å². The van der Waals surface area contributed by atoms with Gasteiger partial charge in [0.15, 0.2) is 0 Å². The molecule has 4 radical (unpaired) electrons. The van der Waals surface area contributed by atoms with E-state index in [2.05, 4.69) is 37.4 Å². The predicted molar refractivity (Wildman–Crippen MR) is 106 cm³/mol. The van der Waals surface area contributed by atoms with Crippen LogP contribution in [0.25, 0.3) is 11.1 Å². The quantitative estimate of drug-likeness (QED) is 0.648. The minimum Gasteiger partial charge on any atom is -0.0966 e. The van der Waals surface area contributed by atoms with Crippen molar-refractivity contribution >= 4 is 37.8 Å². The first kappa shape index (κ1) is 16.1. The molecule has 0 aliphatic carbocycles. The molecular formula is C22H16B2. The van der Waals surface area contributed by atoms with Crippen LogP contribution >= 0.6 is 0 Å². The maximum Gasteiger partial charge on any atom is 0.113 e. The van der Waals surface area contributed by atoms with Crippen LogP contribution < -0.4 is 10.9 Å². The van der Waals surface area contributed by atoms with E-state index in [9.17, 15) is 0 Å². The Bertz CT molecular complexity index is 794. The first-order valence-corrected chi connectivity index (χ1v) is 7.75. The molecule has 0 unspecified atom stereocenters. The van der Waals surface area contributed by atoms with Gasteiger partial charge in [-0.1, -0.05) is 96.9 Å². The Hall–Kier alpha value is -2.73. The van der Waals surface area contributed by atoms with Gasteiger partial charge in [-0.25, -0.2) is 0 Å². The Morgan fingerprint density at radius 2 is 0.667 bits per heavy atom. The van der Waals surface area contributed by atoms with Gasteiger partial charge in [-0.15, -0.1) is 0 Å². The molecule has 24 heavy (non-hydrogen) atoms. The Morgan fingerprint density at radius 3 is 0.917 bits per heavy atom. The molecule has 3 aromatic carbocycles. The van der Waals surface area contributed by atoms with Gasteiger partial charge in [0, 0.05) is 0 Å². The average Bonchev–Trinajstić information content (AvgIpc) is 2.62. The van der Waals surface area contributed by atoms with E-state index in [1.165, 1.54) is 0 Å². The summed E-state index contributed by atoms with van der Waals surface area (Å²) in [5.41, 5.74) is 7.73. The zero-order chi connectivity index (χ0) is 17.1. The lowest BCUT2D eigenvalue weighted by molar-refractivity contribution is 1.52. The van der Waals surface area contributed by atoms with Crippen LogP contribution in [0.3, 0.4) is 0 Å². The third kappa shape index (κ3) is 3.44. The van der Waals surface area contributed by atoms with Crippen molar-refractivity contribution in [1.82, 2.24) is 0 Å². The van der Waals surface area contributed by atoms with Gasteiger partial charge in [-0.2, -0.15) is 0 Å². The Labute approximate surface area is 146 Å². The molecule has 110 valence electrons. The van der Waals surface area contributed by atoms with Crippen molar-refractivity contribution in [2.75, 3.05) is 0 Å². The fourth-order valence-corrected chi connectivity index (χ4v) is 2.57. The first-order chi connectivity index (χ1) is 11.5. The standard InChI is InChI=1S/C22H16B2/c1-15(19-7-11-21(23)12-8-19)17-3-5-18(6-4-17)16(2)20-9-13-22(24)14-10-20/h3-14H,1-2H2. The zero-order valence-corrected chi connectivity index (χ0v) is 13.5. The van der Waals surface area contributed by atoms with Crippen LogP contribution in [0.5, 0.6) is 0 Å². The second-order valence-corrected chi connectivity index (χ2v) is 5.78. The maximum atomic E-state index is 5.74. The molecule has 0 aliphatic heterocycles. The van der Waals surface area contributed by atoms with Gasteiger partial charge >= 0.3 is 0 Å². The molecule has 0 saturated heterocycles. The Morgan fingerprint density at radius 1 is 0.458 bits per heavy atom. The van der Waals surface area contributed by atoms with E-state index in [1.54, 1.807) is 0 Å². The summed E-state index contributed by atoms with van der Waals surface area (Å²) in [7, 11) is 11.5. The molecule has 0 bridgehead atoms. The smallest absolute Gasteiger partial charge is 0.0966 e. The molecule has 0 spiro atoms. The van der Waals surface area contributed by atoms with E-state index >= 15 is 0 Å². The first-order valence-electron chi connectivity index (χ1n) is 7.75. The van der Waals surface area contributed by atoms with Crippen LogP contribution in [-0.2, 0) is 0 Å². The molecule has 0 nitrogen and oxygen atoms in total. The highest BCUT2D eigenvalue weighted by atomic mass is 14.1. The largest absolute Gasteiger partial charge is 0.113 e. The van der Waals surface area contributed by atoms with Gasteiger partial charge in [-0.3, -0.25) is 0 Å². The van der Waals surface area contributed by atoms with Gasteiger partial charge < -0.3 is 0 Å². The highest BCUT2D eigenvalue weighted by molar-refractivity contribution is 6.32. The second kappa shape index (κ2) is 6.80. The molecule has 0 aromatic heterocycles. The highest BCUT2D eigenvalue weighted by Gasteiger charge is 2.05. The third-order valence-electron chi connectivity index (χ3n) is 4.10. The molecule has 0 amide bonds. The molecule has 3 aromatic rings. The third-order valence-corrected chi connectivity index (χ3v) is 4.10. The highest BCUT2D eigenvalue weighted by Crippen LogP contribution is 2.25. The van der Waals surface area contributed by atoms with E-state index in [0.717, 1.165) is 44.3 Å². The summed E-state index contributed by atoms with van der Waals surface area (Å²) in [6, 6.07) is 23.8. The lowest BCUT2D eigenvalue weighted by Gasteiger charge is -2.10. The van der Waals surface area contributed by atoms with Crippen LogP contribution in [0.2, 0.25) is 0 Å². The minimum absolute atomic E-state index is 0.752. The minimum atomic E-state index is 0.752. The normalized spacial score (nSPS) is 10.3. The summed E-state index contributed by atoms with van der Waals surface area (Å²) >= 11 is 0. The summed E-state index contributed by atoms with van der Waals surface area (Å²) in [6.45, 7) is 8.38. The van der Waals surface area contributed by atoms with Crippen molar-refractivity contribution in [1.29, 1.82) is 0 Å². The van der Waals surface area contributed by atoms with Gasteiger partial charge in [0.2, 0.25) is 0 Å². The van der Waals surface area contributed by atoms with Crippen molar-refractivity contribution in [3.8, 4) is 0 Å². The summed E-state index contributed by atoms with van der Waals surface area (Å²) in [5, 5.41) is 0. The number of benzene rings is 3. The van der Waals surface area contributed by atoms with Crippen molar-refractivity contribution in [2.45, 2.75) is 0 Å². The Balaban J connectivity index is 1.82. The summed E-state index contributed by atoms with van der Waals surface area (Å²) in [4.78, 5) is 0. The van der Waals surface area contributed by atoms with E-state index in [-0.39, 0.29) is 0 Å². The fourth-order valence-electron chi connectivity index (χ4n) is 2.57. The molecule has 0 N–H and O–H groups in total. The number of rotatable bonds is 4. The van der Waals surface area contributed by atoms with Crippen LogP contribution in [0.4, 0.5) is 0 Å². The summed E-state index contributed by atoms with van der Waals surface area (Å²) in [5.74, 6) is 0. The number of hydrogen-bond acceptors (Lipinski definition) is 0. The maximum absolute atomic E-state index is 5.74. The van der Waals surface area contributed by atoms with Gasteiger partial charge in [0.05, 0.1) is 0 Å². The van der Waals surface area contributed by atoms with Crippen LogP contribution in [0.1, 0.15) is 22.3 Å². The van der Waals surface area contributed by atoms with E-state index in [0.29, 0.717) is 0 Å². The molecule has 0 aliphatic rings. The number of hydrogen-bond donors (Lipinski definition) is 0. The second-order valence-electron chi connectivity index (χ2n) is 5.78. The average molecular weight is 302 g/mol. The van der Waals surface area contributed by atoms with Gasteiger partial charge in [-0.05, 0) is 33.4 Å². The van der Waals surface area contributed by atoms with Crippen molar-refractivity contribution in [2.24, 2.45) is 0 Å². The Kier molecular flexibility index (Phi) is 4.57. The molecule has 0 saturated carbocycles. The molecular weight excluding hydrogens is 286 g/mol. The monoisotopic (exact) mass is 302 g/mol. The van der Waals surface area contributed by atoms with Crippen molar-refractivity contribution in [3.05, 3.63) is 108 Å². The fraction of sp³-hybridized carbons (Fsp3) is 0. The lowest BCUT2D eigenvalue weighted by Crippen LogP contribution is -2.01. The van der Waals surface area contributed by atoms with E-state index in [1.807, 2.05) is 48.5 Å². The summed E-state index contributed by atoms with van der Waals surface area (Å²) < 4.78 is 0.